The zero-order valence-electron chi connectivity index (χ0n) is 13.9. The molecule has 1 aliphatic carbocycles. The van der Waals surface area contributed by atoms with Crippen molar-refractivity contribution in [1.82, 2.24) is 25.3 Å². The van der Waals surface area contributed by atoms with Crippen molar-refractivity contribution in [3.8, 4) is 0 Å². The zero-order valence-corrected chi connectivity index (χ0v) is 15.5. The van der Waals surface area contributed by atoms with Crippen molar-refractivity contribution in [3.63, 3.8) is 0 Å². The minimum Gasteiger partial charge on any atom is -0.350 e. The van der Waals surface area contributed by atoms with Gasteiger partial charge in [0.2, 0.25) is 6.39 Å². The summed E-state index contributed by atoms with van der Waals surface area (Å²) in [5.74, 6) is 1.73. The van der Waals surface area contributed by atoms with Crippen molar-refractivity contribution in [2.45, 2.75) is 38.1 Å². The van der Waals surface area contributed by atoms with Crippen LogP contribution in [0.2, 0.25) is 0 Å². The number of likely N-dealkylation sites (tertiary alicyclic amines) is 1. The van der Waals surface area contributed by atoms with E-state index in [2.05, 4.69) is 25.3 Å². The number of thiazole rings is 1. The van der Waals surface area contributed by atoms with Gasteiger partial charge in [-0.1, -0.05) is 5.16 Å². The Morgan fingerprint density at radius 1 is 1.40 bits per heavy atom. The molecule has 1 aliphatic heterocycles. The lowest BCUT2D eigenvalue weighted by atomic mass is 9.98. The Bertz CT molecular complexity index is 689. The third-order valence-electron chi connectivity index (χ3n) is 4.64. The average molecular weight is 384 g/mol. The first-order valence-corrected chi connectivity index (χ1v) is 9.37. The minimum atomic E-state index is -0.0396. The van der Waals surface area contributed by atoms with Gasteiger partial charge in [0.1, 0.15) is 0 Å². The van der Waals surface area contributed by atoms with Crippen molar-refractivity contribution in [3.05, 3.63) is 28.3 Å². The molecule has 0 bridgehead atoms. The van der Waals surface area contributed by atoms with Gasteiger partial charge in [0, 0.05) is 24.4 Å². The minimum absolute atomic E-state index is 0. The van der Waals surface area contributed by atoms with Crippen LogP contribution in [0.15, 0.2) is 16.3 Å². The van der Waals surface area contributed by atoms with Crippen LogP contribution in [0.1, 0.15) is 52.9 Å². The van der Waals surface area contributed by atoms with Gasteiger partial charge in [0.05, 0.1) is 12.2 Å². The molecule has 1 amide bonds. The first-order valence-electron chi connectivity index (χ1n) is 8.49. The zero-order chi connectivity index (χ0) is 16.4. The van der Waals surface area contributed by atoms with Gasteiger partial charge < -0.3 is 9.84 Å². The van der Waals surface area contributed by atoms with Crippen LogP contribution in [0.5, 0.6) is 0 Å². The first kappa shape index (κ1) is 18.3. The van der Waals surface area contributed by atoms with Gasteiger partial charge >= 0.3 is 0 Å². The maximum atomic E-state index is 12.3. The monoisotopic (exact) mass is 383 g/mol. The van der Waals surface area contributed by atoms with Crippen molar-refractivity contribution in [1.29, 1.82) is 0 Å². The molecule has 1 unspecified atom stereocenters. The molecule has 2 aromatic heterocycles. The van der Waals surface area contributed by atoms with E-state index in [4.69, 9.17) is 4.52 Å². The summed E-state index contributed by atoms with van der Waals surface area (Å²) in [4.78, 5) is 23.1. The molecule has 136 valence electrons. The van der Waals surface area contributed by atoms with Crippen LogP contribution in [0.4, 0.5) is 0 Å². The van der Waals surface area contributed by atoms with Crippen LogP contribution in [-0.4, -0.2) is 45.6 Å². The van der Waals surface area contributed by atoms with Gasteiger partial charge in [-0.25, -0.2) is 4.98 Å². The van der Waals surface area contributed by atoms with Crippen molar-refractivity contribution >= 4 is 29.7 Å². The number of hydrogen-bond donors (Lipinski definition) is 1. The summed E-state index contributed by atoms with van der Waals surface area (Å²) in [6.07, 6.45) is 6.04. The molecule has 7 nitrogen and oxygen atoms in total. The standard InChI is InChI=1S/C16H21N5O2S.ClH/c22-15(16-19-13(9-24-16)12-3-4-12)17-6-11-2-1-5-21(7-11)8-14-18-10-23-20-14;/h9-12H,1-8H2,(H,17,22);1H. The van der Waals surface area contributed by atoms with E-state index in [1.54, 1.807) is 0 Å². The van der Waals surface area contributed by atoms with Crippen LogP contribution >= 0.6 is 23.7 Å². The highest BCUT2D eigenvalue weighted by atomic mass is 35.5. The van der Waals surface area contributed by atoms with E-state index >= 15 is 0 Å². The molecule has 0 spiro atoms. The van der Waals surface area contributed by atoms with Gasteiger partial charge in [-0.3, -0.25) is 9.69 Å². The number of hydrogen-bond acceptors (Lipinski definition) is 7. The maximum Gasteiger partial charge on any atom is 0.280 e. The maximum absolute atomic E-state index is 12.3. The van der Waals surface area contributed by atoms with Gasteiger partial charge in [0.25, 0.3) is 5.91 Å². The lowest BCUT2D eigenvalue weighted by molar-refractivity contribution is 0.0929. The van der Waals surface area contributed by atoms with Gasteiger partial charge in [-0.15, -0.1) is 23.7 Å². The summed E-state index contributed by atoms with van der Waals surface area (Å²) >= 11 is 1.46. The number of nitrogens with zero attached hydrogens (tertiary/aromatic N) is 4. The van der Waals surface area contributed by atoms with E-state index < -0.39 is 0 Å². The highest BCUT2D eigenvalue weighted by Crippen LogP contribution is 2.40. The first-order chi connectivity index (χ1) is 11.8. The molecule has 25 heavy (non-hydrogen) atoms. The highest BCUT2D eigenvalue weighted by Gasteiger charge is 2.27. The summed E-state index contributed by atoms with van der Waals surface area (Å²) < 4.78 is 4.78. The number of rotatable bonds is 6. The van der Waals surface area contributed by atoms with Gasteiger partial charge in [-0.2, -0.15) is 4.98 Å². The Labute approximate surface area is 156 Å². The smallest absolute Gasteiger partial charge is 0.280 e. The Kier molecular flexibility index (Phi) is 6.03. The Morgan fingerprint density at radius 3 is 3.04 bits per heavy atom. The number of halogens is 1. The molecule has 1 atom stereocenters. The lowest BCUT2D eigenvalue weighted by Gasteiger charge is -2.31. The van der Waals surface area contributed by atoms with Crippen LogP contribution in [0.25, 0.3) is 0 Å². The van der Waals surface area contributed by atoms with Crippen molar-refractivity contribution in [2.24, 2.45) is 5.92 Å². The summed E-state index contributed by atoms with van der Waals surface area (Å²) in [7, 11) is 0. The fourth-order valence-electron chi connectivity index (χ4n) is 3.19. The molecular weight excluding hydrogens is 362 g/mol. The van der Waals surface area contributed by atoms with E-state index in [-0.39, 0.29) is 18.3 Å². The number of aromatic nitrogens is 3. The second-order valence-corrected chi connectivity index (χ2v) is 7.51. The molecule has 1 N–H and O–H groups in total. The fraction of sp³-hybridized carbons (Fsp3) is 0.625. The van der Waals surface area contributed by atoms with Crippen LogP contribution in [0, 0.1) is 5.92 Å². The lowest BCUT2D eigenvalue weighted by Crippen LogP contribution is -2.40. The van der Waals surface area contributed by atoms with Crippen LogP contribution in [0.3, 0.4) is 0 Å². The molecule has 2 aromatic rings. The largest absolute Gasteiger partial charge is 0.350 e. The van der Waals surface area contributed by atoms with Crippen LogP contribution in [-0.2, 0) is 6.54 Å². The number of carbonyl (C=O) groups is 1. The van der Waals surface area contributed by atoms with Crippen molar-refractivity contribution in [2.75, 3.05) is 19.6 Å². The third-order valence-corrected chi connectivity index (χ3v) is 5.50. The van der Waals surface area contributed by atoms with E-state index in [9.17, 15) is 4.79 Å². The summed E-state index contributed by atoms with van der Waals surface area (Å²) in [6.45, 7) is 3.38. The molecule has 0 aromatic carbocycles. The molecule has 1 saturated heterocycles. The molecule has 3 heterocycles. The third kappa shape index (κ3) is 4.77. The van der Waals surface area contributed by atoms with Gasteiger partial charge in [-0.05, 0) is 38.1 Å². The molecule has 2 fully saturated rings. The number of nitrogens with one attached hydrogen (secondary N) is 1. The Hall–Kier alpha value is -1.51. The normalized spacial score (nSPS) is 20.9. The molecule has 2 aliphatic rings. The molecule has 9 heteroatoms. The van der Waals surface area contributed by atoms with E-state index in [0.29, 0.717) is 29.9 Å². The van der Waals surface area contributed by atoms with Gasteiger partial charge in [0.15, 0.2) is 10.8 Å². The summed E-state index contributed by atoms with van der Waals surface area (Å²) in [6, 6.07) is 0. The predicted octanol–water partition coefficient (Wildman–Crippen LogP) is 2.47. The highest BCUT2D eigenvalue weighted by molar-refractivity contribution is 7.11. The van der Waals surface area contributed by atoms with E-state index in [1.165, 1.54) is 30.6 Å². The average Bonchev–Trinajstić information content (AvgIpc) is 3.10. The summed E-state index contributed by atoms with van der Waals surface area (Å²) in [5.41, 5.74) is 1.09. The topological polar surface area (TPSA) is 84.2 Å². The molecule has 4 rings (SSSR count). The predicted molar refractivity (Wildman–Crippen MR) is 96.0 cm³/mol. The Morgan fingerprint density at radius 2 is 2.28 bits per heavy atom. The van der Waals surface area contributed by atoms with E-state index in [1.807, 2.05) is 5.38 Å². The molecule has 1 saturated carbocycles. The van der Waals surface area contributed by atoms with Crippen LogP contribution < -0.4 is 5.32 Å². The number of piperidine rings is 1. The SMILES string of the molecule is Cl.O=C(NCC1CCCN(Cc2ncon2)C1)c1nc(C2CC2)cs1. The second-order valence-electron chi connectivity index (χ2n) is 6.65. The molecule has 0 radical (unpaired) electrons. The quantitative estimate of drug-likeness (QED) is 0.824. The fourth-order valence-corrected chi connectivity index (χ4v) is 4.01. The molecular formula is C16H22ClN5O2S. The Balaban J connectivity index is 0.00000182. The second kappa shape index (κ2) is 8.25. The number of carbonyl (C=O) groups excluding carboxylic acids is 1. The summed E-state index contributed by atoms with van der Waals surface area (Å²) in [5, 5.41) is 9.54. The van der Waals surface area contributed by atoms with E-state index in [0.717, 1.165) is 37.4 Å². The van der Waals surface area contributed by atoms with Crippen molar-refractivity contribution < 1.29 is 9.32 Å². The number of amides is 1.